The van der Waals surface area contributed by atoms with Crippen molar-refractivity contribution in [3.63, 3.8) is 0 Å². The molecule has 3 rings (SSSR count). The number of carboxylic acids is 1. The molecule has 6 heteroatoms. The second-order valence-corrected chi connectivity index (χ2v) is 5.90. The van der Waals surface area contributed by atoms with Crippen LogP contribution < -0.4 is 5.32 Å². The Bertz CT molecular complexity index is 870. The summed E-state index contributed by atoms with van der Waals surface area (Å²) in [6, 6.07) is 16.2. The van der Waals surface area contributed by atoms with Crippen molar-refractivity contribution in [3.8, 4) is 5.69 Å². The van der Waals surface area contributed by atoms with Crippen molar-refractivity contribution >= 4 is 11.9 Å². The van der Waals surface area contributed by atoms with E-state index in [1.807, 2.05) is 36.5 Å². The summed E-state index contributed by atoms with van der Waals surface area (Å²) in [7, 11) is 0. The van der Waals surface area contributed by atoms with Crippen LogP contribution in [0, 0.1) is 0 Å². The predicted octanol–water partition coefficient (Wildman–Crippen LogP) is 2.47. The first-order valence-electron chi connectivity index (χ1n) is 8.30. The molecular formula is C20H19N3O3. The van der Waals surface area contributed by atoms with Crippen molar-refractivity contribution in [1.29, 1.82) is 0 Å². The monoisotopic (exact) mass is 349 g/mol. The van der Waals surface area contributed by atoms with Gasteiger partial charge in [-0.3, -0.25) is 4.79 Å². The van der Waals surface area contributed by atoms with Gasteiger partial charge in [-0.2, -0.15) is 5.10 Å². The molecule has 132 valence electrons. The van der Waals surface area contributed by atoms with Crippen molar-refractivity contribution < 1.29 is 14.7 Å². The zero-order valence-corrected chi connectivity index (χ0v) is 14.1. The summed E-state index contributed by atoms with van der Waals surface area (Å²) in [5, 5.41) is 15.9. The summed E-state index contributed by atoms with van der Waals surface area (Å²) in [6.45, 7) is 0.511. The highest BCUT2D eigenvalue weighted by Gasteiger charge is 2.05. The number of carbonyl (C=O) groups excluding carboxylic acids is 1. The number of nitrogens with zero attached hydrogens (tertiary/aromatic N) is 2. The SMILES string of the molecule is O=C(Cc1ccc(-n2cccn2)cc1)NCCc1ccc(C(=O)O)cc1. The zero-order chi connectivity index (χ0) is 18.4. The zero-order valence-electron chi connectivity index (χ0n) is 14.1. The van der Waals surface area contributed by atoms with E-state index < -0.39 is 5.97 Å². The molecule has 3 aromatic rings. The molecule has 2 aromatic carbocycles. The molecule has 0 unspecified atom stereocenters. The van der Waals surface area contributed by atoms with Gasteiger partial charge >= 0.3 is 5.97 Å². The van der Waals surface area contributed by atoms with Crippen LogP contribution in [0.3, 0.4) is 0 Å². The lowest BCUT2D eigenvalue weighted by molar-refractivity contribution is -0.120. The first kappa shape index (κ1) is 17.4. The predicted molar refractivity (Wildman–Crippen MR) is 97.4 cm³/mol. The Morgan fingerprint density at radius 1 is 1.00 bits per heavy atom. The summed E-state index contributed by atoms with van der Waals surface area (Å²) >= 11 is 0. The summed E-state index contributed by atoms with van der Waals surface area (Å²) in [5.74, 6) is -0.984. The maximum atomic E-state index is 12.1. The number of benzene rings is 2. The Morgan fingerprint density at radius 2 is 1.69 bits per heavy atom. The van der Waals surface area contributed by atoms with Gasteiger partial charge in [-0.15, -0.1) is 0 Å². The smallest absolute Gasteiger partial charge is 0.335 e. The molecule has 0 aliphatic carbocycles. The van der Waals surface area contributed by atoms with Crippen LogP contribution in [0.15, 0.2) is 67.0 Å². The Labute approximate surface area is 151 Å². The average molecular weight is 349 g/mol. The third kappa shape index (κ3) is 4.57. The lowest BCUT2D eigenvalue weighted by Crippen LogP contribution is -2.27. The molecule has 0 radical (unpaired) electrons. The first-order chi connectivity index (χ1) is 12.6. The molecule has 1 aromatic heterocycles. The van der Waals surface area contributed by atoms with E-state index in [4.69, 9.17) is 5.11 Å². The largest absolute Gasteiger partial charge is 0.478 e. The number of aromatic carboxylic acids is 1. The third-order valence-corrected chi connectivity index (χ3v) is 4.01. The molecule has 0 fully saturated rings. The molecule has 0 aliphatic rings. The lowest BCUT2D eigenvalue weighted by atomic mass is 10.1. The normalized spacial score (nSPS) is 10.5. The number of hydrogen-bond acceptors (Lipinski definition) is 3. The number of nitrogens with one attached hydrogen (secondary N) is 1. The fourth-order valence-electron chi connectivity index (χ4n) is 2.60. The van der Waals surface area contributed by atoms with Gasteiger partial charge in [0.05, 0.1) is 17.7 Å². The van der Waals surface area contributed by atoms with Crippen LogP contribution in [0.4, 0.5) is 0 Å². The minimum absolute atomic E-state index is 0.0426. The van der Waals surface area contributed by atoms with E-state index in [-0.39, 0.29) is 11.5 Å². The number of carbonyl (C=O) groups is 2. The standard InChI is InChI=1S/C20H19N3O3/c24-19(21-12-10-15-2-6-17(7-3-15)20(25)26)14-16-4-8-18(9-5-16)23-13-1-11-22-23/h1-9,11,13H,10,12,14H2,(H,21,24)(H,25,26). The number of carboxylic acid groups (broad SMARTS) is 1. The quantitative estimate of drug-likeness (QED) is 0.686. The van der Waals surface area contributed by atoms with Crippen LogP contribution in [0.25, 0.3) is 5.69 Å². The van der Waals surface area contributed by atoms with E-state index in [0.717, 1.165) is 16.8 Å². The summed E-state index contributed by atoms with van der Waals surface area (Å²) in [4.78, 5) is 22.9. The van der Waals surface area contributed by atoms with Crippen LogP contribution in [-0.4, -0.2) is 33.3 Å². The number of amides is 1. The lowest BCUT2D eigenvalue weighted by Gasteiger charge is -2.07. The Hall–Kier alpha value is -3.41. The molecule has 0 atom stereocenters. The van der Waals surface area contributed by atoms with E-state index in [1.165, 1.54) is 0 Å². The maximum Gasteiger partial charge on any atom is 0.335 e. The average Bonchev–Trinajstić information content (AvgIpc) is 3.17. The fourth-order valence-corrected chi connectivity index (χ4v) is 2.60. The Morgan fingerprint density at radius 3 is 2.31 bits per heavy atom. The van der Waals surface area contributed by atoms with Crippen LogP contribution in [0.2, 0.25) is 0 Å². The number of aromatic nitrogens is 2. The van der Waals surface area contributed by atoms with Gasteiger partial charge in [0.2, 0.25) is 5.91 Å². The van der Waals surface area contributed by atoms with Gasteiger partial charge in [-0.05, 0) is 47.9 Å². The van der Waals surface area contributed by atoms with E-state index in [0.29, 0.717) is 19.4 Å². The molecule has 1 heterocycles. The van der Waals surface area contributed by atoms with Crippen molar-refractivity contribution in [1.82, 2.24) is 15.1 Å². The minimum Gasteiger partial charge on any atom is -0.478 e. The molecule has 6 nitrogen and oxygen atoms in total. The fraction of sp³-hybridized carbons (Fsp3) is 0.150. The van der Waals surface area contributed by atoms with Gasteiger partial charge in [0.25, 0.3) is 0 Å². The minimum atomic E-state index is -0.941. The third-order valence-electron chi connectivity index (χ3n) is 4.01. The molecule has 26 heavy (non-hydrogen) atoms. The maximum absolute atomic E-state index is 12.1. The van der Waals surface area contributed by atoms with Crippen LogP contribution in [0.5, 0.6) is 0 Å². The highest BCUT2D eigenvalue weighted by Crippen LogP contribution is 2.09. The van der Waals surface area contributed by atoms with E-state index in [9.17, 15) is 9.59 Å². The molecular weight excluding hydrogens is 330 g/mol. The van der Waals surface area contributed by atoms with Crippen LogP contribution in [-0.2, 0) is 17.6 Å². The second-order valence-electron chi connectivity index (χ2n) is 5.90. The van der Waals surface area contributed by atoms with Gasteiger partial charge in [-0.25, -0.2) is 9.48 Å². The number of rotatable bonds is 7. The van der Waals surface area contributed by atoms with Gasteiger partial charge in [0.1, 0.15) is 0 Å². The van der Waals surface area contributed by atoms with E-state index in [2.05, 4.69) is 10.4 Å². The van der Waals surface area contributed by atoms with E-state index in [1.54, 1.807) is 35.1 Å². The Kier molecular flexibility index (Phi) is 5.43. The molecule has 0 spiro atoms. The first-order valence-corrected chi connectivity index (χ1v) is 8.30. The van der Waals surface area contributed by atoms with Crippen molar-refractivity contribution in [2.24, 2.45) is 0 Å². The molecule has 0 aliphatic heterocycles. The summed E-state index contributed by atoms with van der Waals surface area (Å²) < 4.78 is 1.76. The molecule has 1 amide bonds. The topological polar surface area (TPSA) is 84.2 Å². The number of hydrogen-bond donors (Lipinski definition) is 2. The van der Waals surface area contributed by atoms with Crippen molar-refractivity contribution in [2.75, 3.05) is 6.54 Å². The second kappa shape index (κ2) is 8.11. The van der Waals surface area contributed by atoms with Crippen LogP contribution in [0.1, 0.15) is 21.5 Å². The van der Waals surface area contributed by atoms with E-state index >= 15 is 0 Å². The summed E-state index contributed by atoms with van der Waals surface area (Å²) in [5.41, 5.74) is 3.13. The highest BCUT2D eigenvalue weighted by atomic mass is 16.4. The highest BCUT2D eigenvalue weighted by molar-refractivity contribution is 5.87. The van der Waals surface area contributed by atoms with Gasteiger partial charge in [-0.1, -0.05) is 24.3 Å². The van der Waals surface area contributed by atoms with Crippen molar-refractivity contribution in [2.45, 2.75) is 12.8 Å². The van der Waals surface area contributed by atoms with Crippen LogP contribution >= 0.6 is 0 Å². The van der Waals surface area contributed by atoms with Gasteiger partial charge in [0, 0.05) is 18.9 Å². The molecule has 0 bridgehead atoms. The van der Waals surface area contributed by atoms with Gasteiger partial charge in [0.15, 0.2) is 0 Å². The Balaban J connectivity index is 1.46. The summed E-state index contributed by atoms with van der Waals surface area (Å²) in [6.07, 6.45) is 4.56. The molecule has 0 saturated heterocycles. The molecule has 0 saturated carbocycles. The van der Waals surface area contributed by atoms with Gasteiger partial charge < -0.3 is 10.4 Å². The van der Waals surface area contributed by atoms with Crippen molar-refractivity contribution in [3.05, 3.63) is 83.7 Å². The molecule has 2 N–H and O–H groups in total.